The van der Waals surface area contributed by atoms with Gasteiger partial charge in [0, 0.05) is 39.3 Å². The van der Waals surface area contributed by atoms with E-state index in [9.17, 15) is 9.59 Å². The summed E-state index contributed by atoms with van der Waals surface area (Å²) in [6.07, 6.45) is 2.05. The molecule has 0 fully saturated rings. The number of nitrogens with zero attached hydrogens (tertiary/aromatic N) is 2. The van der Waals surface area contributed by atoms with Gasteiger partial charge in [-0.3, -0.25) is 14.5 Å². The van der Waals surface area contributed by atoms with Gasteiger partial charge in [-0.15, -0.1) is 11.3 Å². The Balaban J connectivity index is 1.36. The average molecular weight is 462 g/mol. The van der Waals surface area contributed by atoms with E-state index in [4.69, 9.17) is 11.6 Å². The molecule has 32 heavy (non-hydrogen) atoms. The van der Waals surface area contributed by atoms with E-state index in [1.54, 1.807) is 53.8 Å². The molecule has 1 aliphatic heterocycles. The molecule has 2 amide bonds. The van der Waals surface area contributed by atoms with Crippen molar-refractivity contribution >= 4 is 45.4 Å². The van der Waals surface area contributed by atoms with Crippen molar-refractivity contribution in [2.45, 2.75) is 20.0 Å². The summed E-state index contributed by atoms with van der Waals surface area (Å²) < 4.78 is 2.18. The van der Waals surface area contributed by atoms with Gasteiger partial charge in [0.1, 0.15) is 5.00 Å². The second kappa shape index (κ2) is 8.30. The van der Waals surface area contributed by atoms with E-state index >= 15 is 0 Å². The average Bonchev–Trinajstić information content (AvgIpc) is 3.39. The van der Waals surface area contributed by atoms with Gasteiger partial charge in [0.25, 0.3) is 11.8 Å². The lowest BCUT2D eigenvalue weighted by atomic mass is 10.1. The maximum absolute atomic E-state index is 13.4. The molecule has 0 aliphatic carbocycles. The summed E-state index contributed by atoms with van der Waals surface area (Å²) in [6.45, 7) is 3.13. The first-order chi connectivity index (χ1) is 15.5. The number of amides is 2. The number of anilines is 2. The van der Waals surface area contributed by atoms with Crippen LogP contribution >= 0.6 is 22.9 Å². The zero-order valence-electron chi connectivity index (χ0n) is 17.3. The molecule has 1 aliphatic rings. The molecule has 4 aromatic rings. The summed E-state index contributed by atoms with van der Waals surface area (Å²) in [6, 6.07) is 18.3. The van der Waals surface area contributed by atoms with Crippen molar-refractivity contribution in [2.24, 2.45) is 0 Å². The Hall–Kier alpha value is -3.35. The number of nitrogens with one attached hydrogen (secondary N) is 1. The minimum absolute atomic E-state index is 0.0604. The Morgan fingerprint density at radius 1 is 1.03 bits per heavy atom. The fraction of sp³-hybridized carbons (Fsp3) is 0.120. The molecule has 3 heterocycles. The van der Waals surface area contributed by atoms with Crippen LogP contribution in [0.15, 0.2) is 72.2 Å². The largest absolute Gasteiger partial charge is 0.345 e. The normalized spacial score (nSPS) is 12.6. The van der Waals surface area contributed by atoms with Gasteiger partial charge in [-0.2, -0.15) is 0 Å². The summed E-state index contributed by atoms with van der Waals surface area (Å²) in [5, 5.41) is 6.49. The number of carbonyl (C=O) groups is 2. The molecular weight excluding hydrogens is 442 g/mol. The first-order valence-electron chi connectivity index (χ1n) is 10.2. The van der Waals surface area contributed by atoms with Gasteiger partial charge in [0.15, 0.2) is 0 Å². The third kappa shape index (κ3) is 3.83. The second-order valence-corrected chi connectivity index (χ2v) is 9.09. The molecule has 7 heteroatoms. The van der Waals surface area contributed by atoms with Gasteiger partial charge in [-0.25, -0.2) is 0 Å². The van der Waals surface area contributed by atoms with Gasteiger partial charge in [-0.05, 0) is 78.5 Å². The van der Waals surface area contributed by atoms with E-state index in [-0.39, 0.29) is 11.8 Å². The van der Waals surface area contributed by atoms with E-state index in [1.807, 2.05) is 35.5 Å². The Morgan fingerprint density at radius 3 is 2.62 bits per heavy atom. The Kier molecular flexibility index (Phi) is 5.33. The third-order valence-electron chi connectivity index (χ3n) is 5.62. The summed E-state index contributed by atoms with van der Waals surface area (Å²) in [4.78, 5) is 27.9. The first-order valence-corrected chi connectivity index (χ1v) is 11.5. The quantitative estimate of drug-likeness (QED) is 0.408. The number of aryl methyl sites for hydroxylation is 1. The van der Waals surface area contributed by atoms with Crippen LogP contribution in [0.5, 0.6) is 0 Å². The van der Waals surface area contributed by atoms with E-state index < -0.39 is 0 Å². The van der Waals surface area contributed by atoms with E-state index in [2.05, 4.69) is 16.0 Å². The standard InChI is InChI=1S/C25H20ClN3O2S/c1-16-13-19(26)6-9-22(16)23(30)27-20-7-4-17(5-8-20)24(31)29-15-21-3-2-11-28(21)14-18-10-12-32-25(18)29/h2-13H,14-15H2,1H3,(H,27,30). The molecular formula is C25H20ClN3O2S. The van der Waals surface area contributed by atoms with Crippen LogP contribution in [-0.2, 0) is 13.1 Å². The molecule has 2 aromatic heterocycles. The molecule has 5 rings (SSSR count). The van der Waals surface area contributed by atoms with Crippen molar-refractivity contribution in [2.75, 3.05) is 10.2 Å². The van der Waals surface area contributed by atoms with Crippen LogP contribution in [0.3, 0.4) is 0 Å². The fourth-order valence-electron chi connectivity index (χ4n) is 3.95. The van der Waals surface area contributed by atoms with Crippen LogP contribution in [0.4, 0.5) is 10.7 Å². The zero-order valence-corrected chi connectivity index (χ0v) is 18.9. The molecule has 0 spiro atoms. The fourth-order valence-corrected chi connectivity index (χ4v) is 5.09. The molecule has 0 radical (unpaired) electrons. The maximum atomic E-state index is 13.4. The van der Waals surface area contributed by atoms with Crippen molar-refractivity contribution in [3.8, 4) is 0 Å². The van der Waals surface area contributed by atoms with E-state index in [0.717, 1.165) is 28.4 Å². The minimum Gasteiger partial charge on any atom is -0.345 e. The molecule has 0 saturated heterocycles. The lowest BCUT2D eigenvalue weighted by Crippen LogP contribution is -2.29. The number of hydrogen-bond donors (Lipinski definition) is 1. The predicted molar refractivity (Wildman–Crippen MR) is 129 cm³/mol. The zero-order chi connectivity index (χ0) is 22.2. The topological polar surface area (TPSA) is 54.3 Å². The highest BCUT2D eigenvalue weighted by molar-refractivity contribution is 7.14. The molecule has 160 valence electrons. The molecule has 0 atom stereocenters. The van der Waals surface area contributed by atoms with Gasteiger partial charge in [-0.1, -0.05) is 11.6 Å². The van der Waals surface area contributed by atoms with Gasteiger partial charge in [0.2, 0.25) is 0 Å². The monoisotopic (exact) mass is 461 g/mol. The second-order valence-electron chi connectivity index (χ2n) is 7.76. The number of hydrogen-bond acceptors (Lipinski definition) is 3. The first kappa shape index (κ1) is 20.5. The summed E-state index contributed by atoms with van der Waals surface area (Å²) >= 11 is 7.56. The molecule has 0 unspecified atom stereocenters. The summed E-state index contributed by atoms with van der Waals surface area (Å²) in [7, 11) is 0. The lowest BCUT2D eigenvalue weighted by molar-refractivity contribution is 0.0984. The molecule has 0 bridgehead atoms. The molecule has 1 N–H and O–H groups in total. The number of fused-ring (bicyclic) bond motifs is 2. The van der Waals surface area contributed by atoms with Crippen molar-refractivity contribution in [3.63, 3.8) is 0 Å². The number of aromatic nitrogens is 1. The number of halogens is 1. The molecule has 0 saturated carbocycles. The highest BCUT2D eigenvalue weighted by Crippen LogP contribution is 2.34. The maximum Gasteiger partial charge on any atom is 0.259 e. The third-order valence-corrected chi connectivity index (χ3v) is 6.83. The van der Waals surface area contributed by atoms with Crippen molar-refractivity contribution in [1.82, 2.24) is 4.57 Å². The van der Waals surface area contributed by atoms with Crippen LogP contribution in [0.1, 0.15) is 37.5 Å². The SMILES string of the molecule is Cc1cc(Cl)ccc1C(=O)Nc1ccc(C(=O)N2Cc3cccn3Cc3ccsc32)cc1. The highest BCUT2D eigenvalue weighted by atomic mass is 35.5. The lowest BCUT2D eigenvalue weighted by Gasteiger charge is -2.20. The van der Waals surface area contributed by atoms with Crippen LogP contribution < -0.4 is 10.2 Å². The Morgan fingerprint density at radius 2 is 1.84 bits per heavy atom. The van der Waals surface area contributed by atoms with Crippen LogP contribution in [-0.4, -0.2) is 16.4 Å². The van der Waals surface area contributed by atoms with Gasteiger partial charge in [0.05, 0.1) is 13.1 Å². The summed E-state index contributed by atoms with van der Waals surface area (Å²) in [5.74, 6) is -0.274. The van der Waals surface area contributed by atoms with Crippen LogP contribution in [0.25, 0.3) is 0 Å². The van der Waals surface area contributed by atoms with Crippen molar-refractivity contribution in [3.05, 3.63) is 105 Å². The Labute approximate surface area is 194 Å². The van der Waals surface area contributed by atoms with E-state index in [0.29, 0.717) is 28.4 Å². The van der Waals surface area contributed by atoms with Crippen molar-refractivity contribution < 1.29 is 9.59 Å². The number of benzene rings is 2. The number of thiophene rings is 1. The smallest absolute Gasteiger partial charge is 0.259 e. The van der Waals surface area contributed by atoms with Crippen LogP contribution in [0.2, 0.25) is 5.02 Å². The van der Waals surface area contributed by atoms with Gasteiger partial charge >= 0.3 is 0 Å². The summed E-state index contributed by atoms with van der Waals surface area (Å²) in [5.41, 5.74) is 4.81. The van der Waals surface area contributed by atoms with E-state index in [1.165, 1.54) is 0 Å². The Bertz CT molecular complexity index is 1320. The number of carbonyl (C=O) groups excluding carboxylic acids is 2. The van der Waals surface area contributed by atoms with Crippen molar-refractivity contribution in [1.29, 1.82) is 0 Å². The highest BCUT2D eigenvalue weighted by Gasteiger charge is 2.26. The molecule has 2 aromatic carbocycles. The predicted octanol–water partition coefficient (Wildman–Crippen LogP) is 5.97. The minimum atomic E-state index is -0.213. The number of rotatable bonds is 3. The molecule has 5 nitrogen and oxygen atoms in total. The van der Waals surface area contributed by atoms with Crippen LogP contribution in [0, 0.1) is 6.92 Å². The van der Waals surface area contributed by atoms with Gasteiger partial charge < -0.3 is 9.88 Å².